The number of ether oxygens (including phenoxy) is 2. The Morgan fingerprint density at radius 2 is 2.05 bits per heavy atom. The van der Waals surface area contributed by atoms with Crippen LogP contribution in [0.25, 0.3) is 0 Å². The summed E-state index contributed by atoms with van der Waals surface area (Å²) in [5, 5.41) is 5.73. The third-order valence-corrected chi connectivity index (χ3v) is 4.63. The molecule has 2 aliphatic rings. The highest BCUT2D eigenvalue weighted by atomic mass is 16.5. The van der Waals surface area contributed by atoms with Crippen molar-refractivity contribution in [2.75, 3.05) is 26.4 Å². The van der Waals surface area contributed by atoms with Gasteiger partial charge in [0.25, 0.3) is 0 Å². The van der Waals surface area contributed by atoms with E-state index in [1.807, 2.05) is 0 Å². The normalized spacial score (nSPS) is 23.8. The maximum Gasteiger partial charge on any atom is 0.407 e. The minimum absolute atomic E-state index is 0.00423. The zero-order valence-corrected chi connectivity index (χ0v) is 12.8. The molecule has 0 bridgehead atoms. The van der Waals surface area contributed by atoms with Gasteiger partial charge in [0.15, 0.2) is 0 Å². The lowest BCUT2D eigenvalue weighted by molar-refractivity contribution is -0.123. The summed E-state index contributed by atoms with van der Waals surface area (Å²) >= 11 is 0. The Bertz CT molecular complexity index is 367. The predicted molar refractivity (Wildman–Crippen MR) is 77.9 cm³/mol. The molecular weight excluding hydrogens is 272 g/mol. The lowest BCUT2D eigenvalue weighted by atomic mass is 9.75. The molecule has 1 aliphatic heterocycles. The number of carbonyl (C=O) groups is 2. The third-order valence-electron chi connectivity index (χ3n) is 4.63. The molecule has 2 rings (SSSR count). The van der Waals surface area contributed by atoms with Crippen molar-refractivity contribution in [3.8, 4) is 0 Å². The fourth-order valence-corrected chi connectivity index (χ4v) is 3.47. The smallest absolute Gasteiger partial charge is 0.407 e. The van der Waals surface area contributed by atoms with E-state index < -0.39 is 6.09 Å². The lowest BCUT2D eigenvalue weighted by Crippen LogP contribution is -2.47. The summed E-state index contributed by atoms with van der Waals surface area (Å²) in [6.07, 6.45) is 5.32. The van der Waals surface area contributed by atoms with Crippen LogP contribution in [-0.4, -0.2) is 44.4 Å². The van der Waals surface area contributed by atoms with E-state index in [1.54, 1.807) is 6.92 Å². The first kappa shape index (κ1) is 16.1. The van der Waals surface area contributed by atoms with Gasteiger partial charge in [-0.2, -0.15) is 0 Å². The molecule has 1 atom stereocenters. The van der Waals surface area contributed by atoms with E-state index in [9.17, 15) is 9.59 Å². The number of hydrogen-bond acceptors (Lipinski definition) is 4. The van der Waals surface area contributed by atoms with E-state index >= 15 is 0 Å². The van der Waals surface area contributed by atoms with Crippen molar-refractivity contribution in [1.29, 1.82) is 0 Å². The Hall–Kier alpha value is -1.30. The fraction of sp³-hybridized carbons (Fsp3) is 0.867. The molecular formula is C15H26N2O4. The molecule has 0 unspecified atom stereocenters. The Morgan fingerprint density at radius 1 is 1.29 bits per heavy atom. The maximum atomic E-state index is 12.0. The Labute approximate surface area is 125 Å². The molecule has 1 heterocycles. The first-order valence-electron chi connectivity index (χ1n) is 7.94. The predicted octanol–water partition coefficient (Wildman–Crippen LogP) is 1.59. The molecule has 2 N–H and O–H groups in total. The number of nitrogens with one attached hydrogen (secondary N) is 2. The second-order valence-corrected chi connectivity index (χ2v) is 5.88. The van der Waals surface area contributed by atoms with Gasteiger partial charge in [-0.25, -0.2) is 4.79 Å². The van der Waals surface area contributed by atoms with Crippen molar-refractivity contribution >= 4 is 12.0 Å². The molecule has 1 saturated heterocycles. The zero-order valence-electron chi connectivity index (χ0n) is 12.8. The molecule has 1 aliphatic carbocycles. The van der Waals surface area contributed by atoms with Gasteiger partial charge < -0.3 is 20.1 Å². The van der Waals surface area contributed by atoms with Crippen LogP contribution in [0.4, 0.5) is 4.79 Å². The molecule has 0 aromatic carbocycles. The number of alkyl carbamates (subject to hydrolysis) is 1. The number of amides is 2. The summed E-state index contributed by atoms with van der Waals surface area (Å²) in [6, 6.07) is 0.261. The molecule has 1 spiro atoms. The number of hydrogen-bond donors (Lipinski definition) is 2. The van der Waals surface area contributed by atoms with Gasteiger partial charge in [-0.15, -0.1) is 0 Å². The van der Waals surface area contributed by atoms with E-state index in [0.717, 1.165) is 32.5 Å². The van der Waals surface area contributed by atoms with E-state index in [4.69, 9.17) is 9.47 Å². The summed E-state index contributed by atoms with van der Waals surface area (Å²) in [4.78, 5) is 23.2. The minimum Gasteiger partial charge on any atom is -0.450 e. The van der Waals surface area contributed by atoms with Gasteiger partial charge in [0.1, 0.15) is 0 Å². The van der Waals surface area contributed by atoms with Crippen LogP contribution in [0.5, 0.6) is 0 Å². The highest BCUT2D eigenvalue weighted by Crippen LogP contribution is 2.45. The van der Waals surface area contributed by atoms with Gasteiger partial charge in [0, 0.05) is 32.2 Å². The van der Waals surface area contributed by atoms with Crippen molar-refractivity contribution in [2.24, 2.45) is 5.41 Å². The summed E-state index contributed by atoms with van der Waals surface area (Å²) in [5.74, 6) is 0.00423. The lowest BCUT2D eigenvalue weighted by Gasteiger charge is -2.39. The van der Waals surface area contributed by atoms with Crippen molar-refractivity contribution < 1.29 is 19.1 Å². The number of rotatable bonds is 5. The molecule has 21 heavy (non-hydrogen) atoms. The minimum atomic E-state index is -0.466. The second kappa shape index (κ2) is 7.64. The second-order valence-electron chi connectivity index (χ2n) is 5.88. The maximum absolute atomic E-state index is 12.0. The average molecular weight is 298 g/mol. The molecule has 1 saturated carbocycles. The first-order valence-corrected chi connectivity index (χ1v) is 7.94. The van der Waals surface area contributed by atoms with Crippen LogP contribution < -0.4 is 10.6 Å². The highest BCUT2D eigenvalue weighted by molar-refractivity contribution is 5.77. The Morgan fingerprint density at radius 3 is 2.76 bits per heavy atom. The molecule has 0 aromatic rings. The molecule has 6 heteroatoms. The van der Waals surface area contributed by atoms with E-state index in [2.05, 4.69) is 10.6 Å². The SMILES string of the molecule is CCOC(=O)NCCC(=O)N[C@@H]1CCCC12CCOCC2. The van der Waals surface area contributed by atoms with Crippen molar-refractivity contribution in [3.63, 3.8) is 0 Å². The highest BCUT2D eigenvalue weighted by Gasteiger charge is 2.44. The van der Waals surface area contributed by atoms with Gasteiger partial charge in [0.05, 0.1) is 6.61 Å². The van der Waals surface area contributed by atoms with Gasteiger partial charge in [-0.3, -0.25) is 4.79 Å². The van der Waals surface area contributed by atoms with Crippen LogP contribution >= 0.6 is 0 Å². The quantitative estimate of drug-likeness (QED) is 0.808. The van der Waals surface area contributed by atoms with E-state index in [0.29, 0.717) is 19.6 Å². The Balaban J connectivity index is 1.73. The van der Waals surface area contributed by atoms with Crippen molar-refractivity contribution in [1.82, 2.24) is 10.6 Å². The topological polar surface area (TPSA) is 76.7 Å². The molecule has 6 nitrogen and oxygen atoms in total. The first-order chi connectivity index (χ1) is 10.2. The van der Waals surface area contributed by atoms with Crippen LogP contribution in [-0.2, 0) is 14.3 Å². The average Bonchev–Trinajstić information content (AvgIpc) is 2.82. The third kappa shape index (κ3) is 4.33. The van der Waals surface area contributed by atoms with Crippen LogP contribution in [0, 0.1) is 5.41 Å². The van der Waals surface area contributed by atoms with Gasteiger partial charge >= 0.3 is 6.09 Å². The molecule has 120 valence electrons. The summed E-state index contributed by atoms with van der Waals surface area (Å²) in [5.41, 5.74) is 0.239. The zero-order chi connectivity index (χ0) is 15.1. The van der Waals surface area contributed by atoms with Crippen LogP contribution in [0.3, 0.4) is 0 Å². The summed E-state index contributed by atoms with van der Waals surface area (Å²) in [7, 11) is 0. The van der Waals surface area contributed by atoms with Crippen molar-refractivity contribution in [3.05, 3.63) is 0 Å². The largest absolute Gasteiger partial charge is 0.450 e. The molecule has 0 aromatic heterocycles. The fourth-order valence-electron chi connectivity index (χ4n) is 3.47. The summed E-state index contributed by atoms with van der Waals surface area (Å²) in [6.45, 7) is 4.01. The standard InChI is InChI=1S/C15H26N2O4/c1-2-21-14(19)16-9-5-13(18)17-12-4-3-6-15(12)7-10-20-11-8-15/h12H,2-11H2,1H3,(H,16,19)(H,17,18)/t12-/m1/s1. The van der Waals surface area contributed by atoms with Gasteiger partial charge in [0.2, 0.25) is 5.91 Å². The van der Waals surface area contributed by atoms with Gasteiger partial charge in [-0.1, -0.05) is 6.42 Å². The van der Waals surface area contributed by atoms with Gasteiger partial charge in [-0.05, 0) is 38.0 Å². The monoisotopic (exact) mass is 298 g/mol. The van der Waals surface area contributed by atoms with E-state index in [1.165, 1.54) is 12.8 Å². The van der Waals surface area contributed by atoms with Crippen LogP contribution in [0.1, 0.15) is 45.4 Å². The summed E-state index contributed by atoms with van der Waals surface area (Å²) < 4.78 is 10.2. The molecule has 0 radical (unpaired) electrons. The van der Waals surface area contributed by atoms with Crippen molar-refractivity contribution in [2.45, 2.75) is 51.5 Å². The number of carbonyl (C=O) groups excluding carboxylic acids is 2. The molecule has 2 amide bonds. The Kier molecular flexibility index (Phi) is 5.85. The van der Waals surface area contributed by atoms with Crippen LogP contribution in [0.2, 0.25) is 0 Å². The van der Waals surface area contributed by atoms with E-state index in [-0.39, 0.29) is 17.4 Å². The van der Waals surface area contributed by atoms with Crippen LogP contribution in [0.15, 0.2) is 0 Å². The molecule has 2 fully saturated rings.